The van der Waals surface area contributed by atoms with Gasteiger partial charge in [-0.15, -0.1) is 6.58 Å². The van der Waals surface area contributed by atoms with Gasteiger partial charge in [-0.2, -0.15) is 11.1 Å². The Morgan fingerprint density at radius 3 is 2.67 bits per heavy atom. The molecule has 0 saturated carbocycles. The predicted molar refractivity (Wildman–Crippen MR) is 70.2 cm³/mol. The minimum absolute atomic E-state index is 0.903. The molecule has 0 aromatic heterocycles. The van der Waals surface area contributed by atoms with Crippen molar-refractivity contribution in [2.75, 3.05) is 0 Å². The lowest BCUT2D eigenvalue weighted by molar-refractivity contribution is 1.70. The standard InChI is InChI=1S/C13H12ClSi/c1-2-10-15(14)13-9-5-7-11-6-3-4-8-12(11)13/h2-9H,1,10H2. The fourth-order valence-electron chi connectivity index (χ4n) is 1.70. The van der Waals surface area contributed by atoms with Crippen molar-refractivity contribution in [2.24, 2.45) is 0 Å². The van der Waals surface area contributed by atoms with Crippen molar-refractivity contribution in [1.29, 1.82) is 0 Å². The van der Waals surface area contributed by atoms with Crippen molar-refractivity contribution in [2.45, 2.75) is 6.04 Å². The first-order valence-electron chi connectivity index (χ1n) is 4.93. The van der Waals surface area contributed by atoms with E-state index in [1.54, 1.807) is 0 Å². The SMILES string of the molecule is C=CC[Si](Cl)c1cccc2ccccc12. The van der Waals surface area contributed by atoms with Crippen molar-refractivity contribution < 1.29 is 0 Å². The van der Waals surface area contributed by atoms with Gasteiger partial charge >= 0.3 is 0 Å². The van der Waals surface area contributed by atoms with Crippen LogP contribution in [0.4, 0.5) is 0 Å². The van der Waals surface area contributed by atoms with Gasteiger partial charge in [-0.3, -0.25) is 0 Å². The number of halogens is 1. The van der Waals surface area contributed by atoms with Crippen LogP contribution in [0.5, 0.6) is 0 Å². The van der Waals surface area contributed by atoms with E-state index < -0.39 is 8.11 Å². The molecule has 2 rings (SSSR count). The Bertz CT molecular complexity index is 473. The fourth-order valence-corrected chi connectivity index (χ4v) is 3.79. The molecule has 0 aliphatic carbocycles. The normalized spacial score (nSPS) is 10.8. The van der Waals surface area contributed by atoms with Gasteiger partial charge in [0.2, 0.25) is 8.11 Å². The monoisotopic (exact) mass is 231 g/mol. The van der Waals surface area contributed by atoms with Crippen molar-refractivity contribution in [3.05, 3.63) is 55.1 Å². The van der Waals surface area contributed by atoms with Crippen molar-refractivity contribution in [3.8, 4) is 0 Å². The molecule has 2 heteroatoms. The molecule has 0 bridgehead atoms. The van der Waals surface area contributed by atoms with E-state index in [9.17, 15) is 0 Å². The van der Waals surface area contributed by atoms with Crippen LogP contribution in [0.1, 0.15) is 0 Å². The van der Waals surface area contributed by atoms with E-state index in [1.165, 1.54) is 16.0 Å². The van der Waals surface area contributed by atoms with Gasteiger partial charge in [0.25, 0.3) is 0 Å². The Morgan fingerprint density at radius 1 is 1.13 bits per heavy atom. The number of hydrogen-bond acceptors (Lipinski definition) is 0. The Balaban J connectivity index is 2.55. The van der Waals surface area contributed by atoms with E-state index in [4.69, 9.17) is 11.1 Å². The maximum Gasteiger partial charge on any atom is 0.204 e. The number of fused-ring (bicyclic) bond motifs is 1. The van der Waals surface area contributed by atoms with E-state index in [0.717, 1.165) is 6.04 Å². The zero-order valence-electron chi connectivity index (χ0n) is 8.41. The van der Waals surface area contributed by atoms with Crippen LogP contribution in [0.25, 0.3) is 10.8 Å². The van der Waals surface area contributed by atoms with Crippen LogP contribution in [-0.2, 0) is 0 Å². The van der Waals surface area contributed by atoms with Crippen LogP contribution in [0.15, 0.2) is 55.1 Å². The molecule has 0 unspecified atom stereocenters. The van der Waals surface area contributed by atoms with Crippen LogP contribution < -0.4 is 5.19 Å². The molecule has 0 nitrogen and oxygen atoms in total. The van der Waals surface area contributed by atoms with Gasteiger partial charge in [-0.1, -0.05) is 48.5 Å². The topological polar surface area (TPSA) is 0 Å². The van der Waals surface area contributed by atoms with Crippen LogP contribution in [0.2, 0.25) is 6.04 Å². The Labute approximate surface area is 96.5 Å². The average Bonchev–Trinajstić information content (AvgIpc) is 2.28. The summed E-state index contributed by atoms with van der Waals surface area (Å²) >= 11 is 6.42. The Morgan fingerprint density at radius 2 is 1.87 bits per heavy atom. The van der Waals surface area contributed by atoms with E-state index in [1.807, 2.05) is 6.08 Å². The summed E-state index contributed by atoms with van der Waals surface area (Å²) in [5, 5.41) is 3.84. The Kier molecular flexibility index (Phi) is 3.24. The van der Waals surface area contributed by atoms with Crippen molar-refractivity contribution >= 4 is 35.1 Å². The zero-order chi connectivity index (χ0) is 10.7. The molecule has 2 aromatic carbocycles. The number of rotatable bonds is 3. The first-order valence-corrected chi connectivity index (χ1v) is 7.65. The molecule has 15 heavy (non-hydrogen) atoms. The molecule has 0 amide bonds. The minimum atomic E-state index is -0.989. The lowest BCUT2D eigenvalue weighted by Gasteiger charge is -2.08. The molecule has 2 aromatic rings. The summed E-state index contributed by atoms with van der Waals surface area (Å²) < 4.78 is 0. The summed E-state index contributed by atoms with van der Waals surface area (Å²) in [6.45, 7) is 3.75. The van der Waals surface area contributed by atoms with Gasteiger partial charge in [0, 0.05) is 0 Å². The largest absolute Gasteiger partial charge is 0.204 e. The zero-order valence-corrected chi connectivity index (χ0v) is 10.2. The van der Waals surface area contributed by atoms with Crippen LogP contribution in [0, 0.1) is 0 Å². The molecule has 0 aliphatic heterocycles. The number of allylic oxidation sites excluding steroid dienone is 1. The highest BCUT2D eigenvalue weighted by molar-refractivity contribution is 7.15. The lowest BCUT2D eigenvalue weighted by Crippen LogP contribution is -2.23. The predicted octanol–water partition coefficient (Wildman–Crippen LogP) is 3.46. The average molecular weight is 232 g/mol. The second kappa shape index (κ2) is 4.64. The van der Waals surface area contributed by atoms with E-state index in [-0.39, 0.29) is 0 Å². The first kappa shape index (κ1) is 10.5. The molecule has 0 spiro atoms. The van der Waals surface area contributed by atoms with Crippen LogP contribution in [0.3, 0.4) is 0 Å². The molecule has 0 atom stereocenters. The quantitative estimate of drug-likeness (QED) is 0.431. The van der Waals surface area contributed by atoms with Gasteiger partial charge in [-0.25, -0.2) is 0 Å². The summed E-state index contributed by atoms with van der Waals surface area (Å²) in [5.74, 6) is 0. The maximum absolute atomic E-state index is 6.42. The molecule has 0 saturated heterocycles. The van der Waals surface area contributed by atoms with E-state index in [0.29, 0.717) is 0 Å². The van der Waals surface area contributed by atoms with Crippen molar-refractivity contribution in [1.82, 2.24) is 0 Å². The van der Waals surface area contributed by atoms with Gasteiger partial charge in [0.05, 0.1) is 0 Å². The maximum atomic E-state index is 6.42. The first-order chi connectivity index (χ1) is 7.33. The summed E-state index contributed by atoms with van der Waals surface area (Å²) in [5.41, 5.74) is 0. The smallest absolute Gasteiger partial charge is 0.162 e. The summed E-state index contributed by atoms with van der Waals surface area (Å²) in [4.78, 5) is 0. The second-order valence-electron chi connectivity index (χ2n) is 3.42. The second-order valence-corrected chi connectivity index (χ2v) is 6.55. The summed E-state index contributed by atoms with van der Waals surface area (Å²) in [6.07, 6.45) is 1.91. The van der Waals surface area contributed by atoms with Gasteiger partial charge < -0.3 is 0 Å². The van der Waals surface area contributed by atoms with Crippen LogP contribution >= 0.6 is 11.1 Å². The molecule has 0 N–H and O–H groups in total. The number of benzene rings is 2. The molecule has 1 radical (unpaired) electrons. The molecule has 0 heterocycles. The highest BCUT2D eigenvalue weighted by Gasteiger charge is 2.11. The minimum Gasteiger partial charge on any atom is -0.162 e. The molecular weight excluding hydrogens is 220 g/mol. The third-order valence-corrected chi connectivity index (χ3v) is 5.15. The Hall–Kier alpha value is -1.05. The third-order valence-electron chi connectivity index (χ3n) is 2.41. The van der Waals surface area contributed by atoms with E-state index >= 15 is 0 Å². The fraction of sp³-hybridized carbons (Fsp3) is 0.0769. The third kappa shape index (κ3) is 2.14. The summed E-state index contributed by atoms with van der Waals surface area (Å²) in [7, 11) is -0.989. The van der Waals surface area contributed by atoms with Crippen LogP contribution in [-0.4, -0.2) is 8.11 Å². The molecule has 0 fully saturated rings. The highest BCUT2D eigenvalue weighted by Crippen LogP contribution is 2.13. The lowest BCUT2D eigenvalue weighted by atomic mass is 10.1. The summed E-state index contributed by atoms with van der Waals surface area (Å²) in [6, 6.07) is 15.6. The van der Waals surface area contributed by atoms with Crippen molar-refractivity contribution in [3.63, 3.8) is 0 Å². The van der Waals surface area contributed by atoms with Gasteiger partial charge in [-0.05, 0) is 22.0 Å². The van der Waals surface area contributed by atoms with Gasteiger partial charge in [0.15, 0.2) is 0 Å². The molecular formula is C13H12ClSi. The molecule has 75 valence electrons. The van der Waals surface area contributed by atoms with E-state index in [2.05, 4.69) is 49.0 Å². The molecule has 0 aliphatic rings. The number of hydrogen-bond donors (Lipinski definition) is 0. The highest BCUT2D eigenvalue weighted by atomic mass is 35.6. The van der Waals surface area contributed by atoms with Gasteiger partial charge in [0.1, 0.15) is 0 Å².